The van der Waals surface area contributed by atoms with Crippen LogP contribution in [0, 0.1) is 5.92 Å². The van der Waals surface area contributed by atoms with E-state index in [1.54, 1.807) is 0 Å². The van der Waals surface area contributed by atoms with Crippen molar-refractivity contribution in [2.24, 2.45) is 5.92 Å². The van der Waals surface area contributed by atoms with Gasteiger partial charge < -0.3 is 15.1 Å². The van der Waals surface area contributed by atoms with Crippen LogP contribution in [0.5, 0.6) is 0 Å². The van der Waals surface area contributed by atoms with Crippen LogP contribution in [0.2, 0.25) is 0 Å². The van der Waals surface area contributed by atoms with Crippen LogP contribution in [0.15, 0.2) is 30.3 Å². The summed E-state index contributed by atoms with van der Waals surface area (Å²) in [5.41, 5.74) is 1.20. The van der Waals surface area contributed by atoms with Crippen molar-refractivity contribution in [1.29, 1.82) is 0 Å². The SMILES string of the molecule is O=C(NCC(=O)N1CCN(c2ccccc2)CC1)C1CCCC1. The van der Waals surface area contributed by atoms with Gasteiger partial charge in [0.25, 0.3) is 0 Å². The molecule has 1 N–H and O–H groups in total. The number of hydrogen-bond donors (Lipinski definition) is 1. The van der Waals surface area contributed by atoms with Crippen LogP contribution in [0.3, 0.4) is 0 Å². The number of nitrogens with zero attached hydrogens (tertiary/aromatic N) is 2. The number of piperazine rings is 1. The van der Waals surface area contributed by atoms with Crippen molar-refractivity contribution in [3.8, 4) is 0 Å². The first-order valence-electron chi connectivity index (χ1n) is 8.59. The molecule has 0 aromatic heterocycles. The van der Waals surface area contributed by atoms with Gasteiger partial charge in [-0.15, -0.1) is 0 Å². The highest BCUT2D eigenvalue weighted by Crippen LogP contribution is 2.24. The van der Waals surface area contributed by atoms with E-state index in [-0.39, 0.29) is 24.3 Å². The zero-order valence-corrected chi connectivity index (χ0v) is 13.5. The molecule has 5 heteroatoms. The summed E-state index contributed by atoms with van der Waals surface area (Å²) in [5, 5.41) is 2.82. The van der Waals surface area contributed by atoms with Crippen molar-refractivity contribution in [3.63, 3.8) is 0 Å². The minimum atomic E-state index is 0.0315. The van der Waals surface area contributed by atoms with Crippen molar-refractivity contribution in [3.05, 3.63) is 30.3 Å². The van der Waals surface area contributed by atoms with Crippen molar-refractivity contribution in [2.45, 2.75) is 25.7 Å². The number of amides is 2. The Morgan fingerprint density at radius 3 is 2.30 bits per heavy atom. The summed E-state index contributed by atoms with van der Waals surface area (Å²) < 4.78 is 0. The van der Waals surface area contributed by atoms with Gasteiger partial charge >= 0.3 is 0 Å². The number of rotatable bonds is 4. The number of para-hydroxylation sites is 1. The van der Waals surface area contributed by atoms with E-state index in [0.717, 1.165) is 38.8 Å². The summed E-state index contributed by atoms with van der Waals surface area (Å²) in [6.07, 6.45) is 4.20. The molecule has 2 aliphatic rings. The fraction of sp³-hybridized carbons (Fsp3) is 0.556. The summed E-state index contributed by atoms with van der Waals surface area (Å²) in [4.78, 5) is 28.4. The van der Waals surface area contributed by atoms with E-state index in [9.17, 15) is 9.59 Å². The Balaban J connectivity index is 1.42. The van der Waals surface area contributed by atoms with E-state index in [1.165, 1.54) is 5.69 Å². The molecule has 2 fully saturated rings. The maximum atomic E-state index is 12.3. The van der Waals surface area contributed by atoms with Gasteiger partial charge in [-0.1, -0.05) is 31.0 Å². The van der Waals surface area contributed by atoms with Crippen LogP contribution in [0.1, 0.15) is 25.7 Å². The Hall–Kier alpha value is -2.04. The first-order valence-corrected chi connectivity index (χ1v) is 8.59. The first kappa shape index (κ1) is 15.8. The lowest BCUT2D eigenvalue weighted by atomic mass is 10.1. The highest BCUT2D eigenvalue weighted by molar-refractivity contribution is 5.86. The van der Waals surface area contributed by atoms with Gasteiger partial charge in [0.2, 0.25) is 11.8 Å². The molecule has 5 nitrogen and oxygen atoms in total. The topological polar surface area (TPSA) is 52.7 Å². The largest absolute Gasteiger partial charge is 0.368 e. The minimum Gasteiger partial charge on any atom is -0.368 e. The number of carbonyl (C=O) groups excluding carboxylic acids is 2. The third kappa shape index (κ3) is 4.03. The van der Waals surface area contributed by atoms with Gasteiger partial charge in [0.1, 0.15) is 0 Å². The third-order valence-electron chi connectivity index (χ3n) is 4.89. The molecular weight excluding hydrogens is 290 g/mol. The fourth-order valence-electron chi connectivity index (χ4n) is 3.46. The smallest absolute Gasteiger partial charge is 0.242 e. The monoisotopic (exact) mass is 315 g/mol. The summed E-state index contributed by atoms with van der Waals surface area (Å²) >= 11 is 0. The second-order valence-corrected chi connectivity index (χ2v) is 6.40. The minimum absolute atomic E-state index is 0.0315. The lowest BCUT2D eigenvalue weighted by Gasteiger charge is -2.36. The zero-order valence-electron chi connectivity index (χ0n) is 13.5. The van der Waals surface area contributed by atoms with Crippen molar-refractivity contribution in [2.75, 3.05) is 37.6 Å². The molecule has 0 atom stereocenters. The van der Waals surface area contributed by atoms with Crippen molar-refractivity contribution >= 4 is 17.5 Å². The Bertz CT molecular complexity index is 532. The van der Waals surface area contributed by atoms with Gasteiger partial charge in [-0.3, -0.25) is 9.59 Å². The number of benzene rings is 1. The van der Waals surface area contributed by atoms with Crippen LogP contribution >= 0.6 is 0 Å². The fourth-order valence-corrected chi connectivity index (χ4v) is 3.46. The molecule has 0 spiro atoms. The molecule has 124 valence electrons. The Kier molecular flexibility index (Phi) is 5.16. The molecule has 0 bridgehead atoms. The molecule has 1 saturated heterocycles. The number of hydrogen-bond acceptors (Lipinski definition) is 3. The molecule has 2 amide bonds. The standard InChI is InChI=1S/C18H25N3O2/c22-17(14-19-18(23)15-6-4-5-7-15)21-12-10-20(11-13-21)16-8-2-1-3-9-16/h1-3,8-9,15H,4-7,10-14H2,(H,19,23). The summed E-state index contributed by atoms with van der Waals surface area (Å²) in [7, 11) is 0. The van der Waals surface area contributed by atoms with Gasteiger partial charge in [0.15, 0.2) is 0 Å². The van der Waals surface area contributed by atoms with E-state index in [1.807, 2.05) is 23.1 Å². The van der Waals surface area contributed by atoms with E-state index in [2.05, 4.69) is 22.3 Å². The van der Waals surface area contributed by atoms with Gasteiger partial charge in [-0.05, 0) is 25.0 Å². The molecule has 1 saturated carbocycles. The highest BCUT2D eigenvalue weighted by atomic mass is 16.2. The quantitative estimate of drug-likeness (QED) is 0.919. The van der Waals surface area contributed by atoms with Crippen LogP contribution in [-0.4, -0.2) is 49.4 Å². The second kappa shape index (κ2) is 7.49. The Morgan fingerprint density at radius 1 is 1.00 bits per heavy atom. The Labute approximate surface area is 137 Å². The second-order valence-electron chi connectivity index (χ2n) is 6.40. The molecule has 1 aromatic carbocycles. The lowest BCUT2D eigenvalue weighted by molar-refractivity contribution is -0.134. The maximum absolute atomic E-state index is 12.3. The van der Waals surface area contributed by atoms with E-state index < -0.39 is 0 Å². The van der Waals surface area contributed by atoms with Crippen molar-refractivity contribution < 1.29 is 9.59 Å². The molecule has 1 aliphatic heterocycles. The lowest BCUT2D eigenvalue weighted by Crippen LogP contribution is -2.51. The van der Waals surface area contributed by atoms with Crippen molar-refractivity contribution in [1.82, 2.24) is 10.2 Å². The summed E-state index contributed by atoms with van der Waals surface area (Å²) in [6.45, 7) is 3.25. The number of anilines is 1. The zero-order chi connectivity index (χ0) is 16.1. The van der Waals surface area contributed by atoms with Gasteiger partial charge in [-0.2, -0.15) is 0 Å². The maximum Gasteiger partial charge on any atom is 0.242 e. The molecule has 3 rings (SSSR count). The predicted octanol–water partition coefficient (Wildman–Crippen LogP) is 1.64. The van der Waals surface area contributed by atoms with E-state index in [4.69, 9.17) is 0 Å². The van der Waals surface area contributed by atoms with Crippen LogP contribution in [-0.2, 0) is 9.59 Å². The molecular formula is C18H25N3O2. The van der Waals surface area contributed by atoms with Crippen LogP contribution in [0.25, 0.3) is 0 Å². The molecule has 23 heavy (non-hydrogen) atoms. The number of nitrogens with one attached hydrogen (secondary N) is 1. The third-order valence-corrected chi connectivity index (χ3v) is 4.89. The molecule has 0 radical (unpaired) electrons. The summed E-state index contributed by atoms with van der Waals surface area (Å²) in [6, 6.07) is 10.3. The molecule has 1 aliphatic carbocycles. The predicted molar refractivity (Wildman–Crippen MR) is 90.2 cm³/mol. The number of carbonyl (C=O) groups is 2. The Morgan fingerprint density at radius 2 is 1.65 bits per heavy atom. The molecule has 1 heterocycles. The van der Waals surface area contributed by atoms with Crippen LogP contribution < -0.4 is 10.2 Å². The van der Waals surface area contributed by atoms with Gasteiger partial charge in [0, 0.05) is 37.8 Å². The normalized spacial score (nSPS) is 19.0. The average molecular weight is 315 g/mol. The van der Waals surface area contributed by atoms with Gasteiger partial charge in [-0.25, -0.2) is 0 Å². The molecule has 1 aromatic rings. The molecule has 0 unspecified atom stereocenters. The van der Waals surface area contributed by atoms with E-state index >= 15 is 0 Å². The van der Waals surface area contributed by atoms with Crippen LogP contribution in [0.4, 0.5) is 5.69 Å². The first-order chi connectivity index (χ1) is 11.2. The van der Waals surface area contributed by atoms with Gasteiger partial charge in [0.05, 0.1) is 6.54 Å². The summed E-state index contributed by atoms with van der Waals surface area (Å²) in [5.74, 6) is 0.209. The average Bonchev–Trinajstić information content (AvgIpc) is 3.15. The van der Waals surface area contributed by atoms with E-state index in [0.29, 0.717) is 13.1 Å². The highest BCUT2D eigenvalue weighted by Gasteiger charge is 2.25.